The van der Waals surface area contributed by atoms with E-state index in [1.165, 1.54) is 0 Å². The van der Waals surface area contributed by atoms with Gasteiger partial charge in [0, 0.05) is 30.3 Å². The van der Waals surface area contributed by atoms with E-state index in [-0.39, 0.29) is 18.7 Å². The summed E-state index contributed by atoms with van der Waals surface area (Å²) in [5.74, 6) is 0.849. The molecule has 150 valence electrons. The maximum Gasteiger partial charge on any atom is 0.170 e. The number of ether oxygens (including phenoxy) is 1. The molecule has 2 N–H and O–H groups in total. The highest BCUT2D eigenvalue weighted by atomic mass is 32.1. The van der Waals surface area contributed by atoms with E-state index in [1.54, 1.807) is 6.20 Å². The molecule has 7 heteroatoms. The quantitative estimate of drug-likeness (QED) is 0.586. The molecule has 0 radical (unpaired) electrons. The lowest BCUT2D eigenvalue weighted by Crippen LogP contribution is -2.32. The number of aromatic nitrogens is 2. The van der Waals surface area contributed by atoms with Crippen LogP contribution in [-0.2, 0) is 0 Å². The standard InChI is InChI=1S/C22H24N4O2S/c1-2-28-17-10-8-16(9-11-17)25-13-5-7-19(25)21-20(18-6-3-4-12-23-18)24-22(29)26(21)14-15-27/h3-13,20-21,27H,2,14-15H2,1H3,(H,24,29)/t20-,21+/m1/s1. The topological polar surface area (TPSA) is 62.5 Å². The van der Waals surface area contributed by atoms with E-state index in [1.807, 2.05) is 66.6 Å². The number of pyridine rings is 1. The van der Waals surface area contributed by atoms with Gasteiger partial charge in [0.25, 0.3) is 0 Å². The van der Waals surface area contributed by atoms with Crippen molar-refractivity contribution in [2.45, 2.75) is 19.0 Å². The molecule has 2 aromatic heterocycles. The normalized spacial score (nSPS) is 18.7. The molecule has 1 aromatic carbocycles. The van der Waals surface area contributed by atoms with Gasteiger partial charge in [-0.25, -0.2) is 0 Å². The lowest BCUT2D eigenvalue weighted by Gasteiger charge is -2.28. The SMILES string of the molecule is CCOc1ccc(-n2cccc2[C@H]2[C@@H](c3ccccn3)NC(=S)N2CCO)cc1. The summed E-state index contributed by atoms with van der Waals surface area (Å²) < 4.78 is 7.71. The zero-order chi connectivity index (χ0) is 20.2. The first kappa shape index (κ1) is 19.4. The number of nitrogens with one attached hydrogen (secondary N) is 1. The smallest absolute Gasteiger partial charge is 0.170 e. The third kappa shape index (κ3) is 3.83. The van der Waals surface area contributed by atoms with Crippen LogP contribution < -0.4 is 10.1 Å². The number of rotatable bonds is 7. The van der Waals surface area contributed by atoms with Crippen molar-refractivity contribution in [2.75, 3.05) is 19.8 Å². The van der Waals surface area contributed by atoms with Crippen molar-refractivity contribution < 1.29 is 9.84 Å². The summed E-state index contributed by atoms with van der Waals surface area (Å²) in [6.45, 7) is 3.09. The van der Waals surface area contributed by atoms with Crippen LogP contribution in [0.15, 0.2) is 67.0 Å². The molecular formula is C22H24N4O2S. The van der Waals surface area contributed by atoms with Crippen LogP contribution >= 0.6 is 12.2 Å². The summed E-state index contributed by atoms with van der Waals surface area (Å²) in [7, 11) is 0. The van der Waals surface area contributed by atoms with Crippen LogP contribution in [0.3, 0.4) is 0 Å². The van der Waals surface area contributed by atoms with Crippen LogP contribution in [-0.4, -0.2) is 44.4 Å². The Hall–Kier alpha value is -2.90. The fourth-order valence-corrected chi connectivity index (χ4v) is 4.15. The largest absolute Gasteiger partial charge is 0.494 e. The van der Waals surface area contributed by atoms with E-state index in [2.05, 4.69) is 20.9 Å². The Balaban J connectivity index is 1.74. The van der Waals surface area contributed by atoms with Gasteiger partial charge in [-0.15, -0.1) is 0 Å². The molecule has 0 amide bonds. The lowest BCUT2D eigenvalue weighted by molar-refractivity contribution is 0.220. The second-order valence-electron chi connectivity index (χ2n) is 6.77. The van der Waals surface area contributed by atoms with Crippen molar-refractivity contribution >= 4 is 17.3 Å². The van der Waals surface area contributed by atoms with E-state index < -0.39 is 0 Å². The van der Waals surface area contributed by atoms with Gasteiger partial charge in [0.05, 0.1) is 31.0 Å². The Labute approximate surface area is 175 Å². The molecule has 0 aliphatic carbocycles. The molecule has 3 aromatic rings. The van der Waals surface area contributed by atoms with Crippen LogP contribution in [0.25, 0.3) is 5.69 Å². The molecular weight excluding hydrogens is 384 g/mol. The van der Waals surface area contributed by atoms with Crippen LogP contribution in [0.5, 0.6) is 5.75 Å². The molecule has 0 spiro atoms. The average Bonchev–Trinajstić information content (AvgIpc) is 3.35. The van der Waals surface area contributed by atoms with E-state index in [9.17, 15) is 5.11 Å². The van der Waals surface area contributed by atoms with Gasteiger partial charge in [0.15, 0.2) is 5.11 Å². The number of nitrogens with zero attached hydrogens (tertiary/aromatic N) is 3. The zero-order valence-corrected chi connectivity index (χ0v) is 17.0. The number of aliphatic hydroxyl groups excluding tert-OH is 1. The molecule has 4 rings (SSSR count). The van der Waals surface area contributed by atoms with E-state index in [0.717, 1.165) is 22.8 Å². The summed E-state index contributed by atoms with van der Waals surface area (Å²) in [6.07, 6.45) is 3.83. The molecule has 1 aliphatic rings. The highest BCUT2D eigenvalue weighted by Gasteiger charge is 2.40. The van der Waals surface area contributed by atoms with Gasteiger partial charge < -0.3 is 24.6 Å². The Kier molecular flexibility index (Phi) is 5.78. The second kappa shape index (κ2) is 8.63. The van der Waals surface area contributed by atoms with Gasteiger partial charge in [-0.1, -0.05) is 6.07 Å². The van der Waals surface area contributed by atoms with Gasteiger partial charge in [-0.3, -0.25) is 4.98 Å². The molecule has 0 bridgehead atoms. The summed E-state index contributed by atoms with van der Waals surface area (Å²) in [5.41, 5.74) is 3.03. The molecule has 29 heavy (non-hydrogen) atoms. The summed E-state index contributed by atoms with van der Waals surface area (Å²) in [4.78, 5) is 6.58. The molecule has 0 unspecified atom stereocenters. The van der Waals surface area contributed by atoms with Crippen LogP contribution in [0.4, 0.5) is 0 Å². The summed E-state index contributed by atoms with van der Waals surface area (Å²) >= 11 is 5.59. The minimum atomic E-state index is -0.105. The molecule has 0 saturated carbocycles. The Morgan fingerprint density at radius 2 is 1.97 bits per heavy atom. The van der Waals surface area contributed by atoms with Crippen molar-refractivity contribution in [3.05, 3.63) is 78.4 Å². The highest BCUT2D eigenvalue weighted by Crippen LogP contribution is 2.39. The minimum Gasteiger partial charge on any atom is -0.494 e. The number of hydrogen-bond donors (Lipinski definition) is 2. The lowest BCUT2D eigenvalue weighted by atomic mass is 10.0. The number of benzene rings is 1. The molecule has 1 saturated heterocycles. The third-order valence-electron chi connectivity index (χ3n) is 5.05. The Morgan fingerprint density at radius 1 is 1.14 bits per heavy atom. The van der Waals surface area contributed by atoms with Crippen molar-refractivity contribution in [3.8, 4) is 11.4 Å². The second-order valence-corrected chi connectivity index (χ2v) is 7.16. The molecule has 1 fully saturated rings. The maximum atomic E-state index is 9.62. The first-order chi connectivity index (χ1) is 14.2. The van der Waals surface area contributed by atoms with E-state index in [0.29, 0.717) is 18.3 Å². The van der Waals surface area contributed by atoms with Crippen LogP contribution in [0, 0.1) is 0 Å². The minimum absolute atomic E-state index is 0.0248. The zero-order valence-electron chi connectivity index (χ0n) is 16.2. The Morgan fingerprint density at radius 3 is 2.66 bits per heavy atom. The Bertz CT molecular complexity index is 958. The first-order valence-electron chi connectivity index (χ1n) is 9.72. The van der Waals surface area contributed by atoms with Gasteiger partial charge in [0.2, 0.25) is 0 Å². The predicted octanol–water partition coefficient (Wildman–Crippen LogP) is 3.24. The number of hydrogen-bond acceptors (Lipinski definition) is 4. The van der Waals surface area contributed by atoms with Gasteiger partial charge >= 0.3 is 0 Å². The first-order valence-corrected chi connectivity index (χ1v) is 10.1. The maximum absolute atomic E-state index is 9.62. The van der Waals surface area contributed by atoms with E-state index in [4.69, 9.17) is 17.0 Å². The van der Waals surface area contributed by atoms with E-state index >= 15 is 0 Å². The van der Waals surface area contributed by atoms with Gasteiger partial charge in [-0.05, 0) is 67.7 Å². The summed E-state index contributed by atoms with van der Waals surface area (Å²) in [6, 6.07) is 17.8. The van der Waals surface area contributed by atoms with Crippen molar-refractivity contribution in [3.63, 3.8) is 0 Å². The van der Waals surface area contributed by atoms with Gasteiger partial charge in [-0.2, -0.15) is 0 Å². The number of thiocarbonyl (C=S) groups is 1. The van der Waals surface area contributed by atoms with Gasteiger partial charge in [0.1, 0.15) is 5.75 Å². The number of aliphatic hydroxyl groups is 1. The van der Waals surface area contributed by atoms with Crippen LogP contribution in [0.1, 0.15) is 30.4 Å². The fourth-order valence-electron chi connectivity index (χ4n) is 3.82. The fraction of sp³-hybridized carbons (Fsp3) is 0.273. The highest BCUT2D eigenvalue weighted by molar-refractivity contribution is 7.80. The molecule has 3 heterocycles. The monoisotopic (exact) mass is 408 g/mol. The number of β-amino-alcohol motifs (C(OH)–C–C–N with tert-alkyl or cyclic N) is 1. The average molecular weight is 409 g/mol. The predicted molar refractivity (Wildman–Crippen MR) is 116 cm³/mol. The molecule has 2 atom stereocenters. The van der Waals surface area contributed by atoms with Crippen LogP contribution in [0.2, 0.25) is 0 Å². The molecule has 1 aliphatic heterocycles. The molecule has 6 nitrogen and oxygen atoms in total. The van der Waals surface area contributed by atoms with Crippen molar-refractivity contribution in [2.24, 2.45) is 0 Å². The third-order valence-corrected chi connectivity index (χ3v) is 5.40. The van der Waals surface area contributed by atoms with Crippen molar-refractivity contribution in [1.82, 2.24) is 19.8 Å². The summed E-state index contributed by atoms with van der Waals surface area (Å²) in [5, 5.41) is 13.6. The van der Waals surface area contributed by atoms with Crippen molar-refractivity contribution in [1.29, 1.82) is 0 Å².